The first-order valence-corrected chi connectivity index (χ1v) is 11.2. The fraction of sp³-hybridized carbons (Fsp3) is 0.280. The van der Waals surface area contributed by atoms with Gasteiger partial charge in [0.25, 0.3) is 5.91 Å². The molecule has 1 aliphatic heterocycles. The Labute approximate surface area is 186 Å². The van der Waals surface area contributed by atoms with Gasteiger partial charge in [-0.2, -0.15) is 0 Å². The maximum atomic E-state index is 13.3. The average Bonchev–Trinajstić information content (AvgIpc) is 3.30. The second-order valence-electron chi connectivity index (χ2n) is 7.55. The lowest BCUT2D eigenvalue weighted by Gasteiger charge is -2.34. The molecule has 1 amide bonds. The summed E-state index contributed by atoms with van der Waals surface area (Å²) in [7, 11) is 1.36. The van der Waals surface area contributed by atoms with Crippen LogP contribution in [0.2, 0.25) is 0 Å². The number of ether oxygens (including phenoxy) is 2. The molecule has 0 saturated heterocycles. The fourth-order valence-electron chi connectivity index (χ4n) is 3.78. The van der Waals surface area contributed by atoms with Gasteiger partial charge in [0.2, 0.25) is 0 Å². The third-order valence-corrected chi connectivity index (χ3v) is 6.55. The lowest BCUT2D eigenvalue weighted by molar-refractivity contribution is -0.146. The number of carbonyl (C=O) groups is 2. The lowest BCUT2D eigenvalue weighted by Crippen LogP contribution is -2.49. The van der Waals surface area contributed by atoms with Gasteiger partial charge in [-0.05, 0) is 46.7 Å². The molecule has 3 aromatic rings. The fourth-order valence-corrected chi connectivity index (χ4v) is 4.63. The van der Waals surface area contributed by atoms with Gasteiger partial charge in [0.1, 0.15) is 18.4 Å². The van der Waals surface area contributed by atoms with Crippen LogP contribution in [0.15, 0.2) is 60.0 Å². The van der Waals surface area contributed by atoms with Gasteiger partial charge >= 0.3 is 5.97 Å². The first kappa shape index (κ1) is 21.1. The van der Waals surface area contributed by atoms with E-state index in [1.807, 2.05) is 47.8 Å². The van der Waals surface area contributed by atoms with Crippen LogP contribution in [0.1, 0.15) is 38.8 Å². The second-order valence-corrected chi connectivity index (χ2v) is 8.46. The van der Waals surface area contributed by atoms with E-state index in [2.05, 4.69) is 19.1 Å². The minimum atomic E-state index is -0.619. The van der Waals surface area contributed by atoms with E-state index in [1.54, 1.807) is 4.90 Å². The van der Waals surface area contributed by atoms with Crippen molar-refractivity contribution in [3.8, 4) is 5.75 Å². The van der Waals surface area contributed by atoms with E-state index in [0.29, 0.717) is 24.4 Å². The number of aryl methyl sites for hydroxylation is 1. The Kier molecular flexibility index (Phi) is 6.37. The molecule has 2 heterocycles. The summed E-state index contributed by atoms with van der Waals surface area (Å²) in [6.45, 7) is 2.90. The van der Waals surface area contributed by atoms with Gasteiger partial charge in [-0.3, -0.25) is 4.79 Å². The molecule has 6 heteroatoms. The standard InChI is InChI=1S/C25H25NO4S/c1-3-17-8-10-21(11-9-17)30-15-18-12-23(31-16-18)24(27)26-14-20-7-5-4-6-19(20)13-22(26)25(28)29-2/h4-12,16,22H,3,13-15H2,1-2H3. The molecule has 160 valence electrons. The van der Waals surface area contributed by atoms with Crippen molar-refractivity contribution in [1.82, 2.24) is 4.90 Å². The Hall–Kier alpha value is -3.12. The summed E-state index contributed by atoms with van der Waals surface area (Å²) in [6, 6.07) is 17.2. The predicted octanol–water partition coefficient (Wildman–Crippen LogP) is 4.63. The van der Waals surface area contributed by atoms with E-state index in [-0.39, 0.29) is 5.91 Å². The van der Waals surface area contributed by atoms with Crippen LogP contribution in [0.25, 0.3) is 0 Å². The van der Waals surface area contributed by atoms with Gasteiger partial charge in [-0.15, -0.1) is 11.3 Å². The summed E-state index contributed by atoms with van der Waals surface area (Å²) in [6.07, 6.45) is 1.45. The number of nitrogens with zero attached hydrogens (tertiary/aromatic N) is 1. The number of amides is 1. The molecule has 31 heavy (non-hydrogen) atoms. The van der Waals surface area contributed by atoms with Crippen molar-refractivity contribution in [3.05, 3.63) is 87.1 Å². The van der Waals surface area contributed by atoms with Gasteiger partial charge in [0, 0.05) is 18.5 Å². The Morgan fingerprint density at radius 1 is 1.06 bits per heavy atom. The van der Waals surface area contributed by atoms with E-state index < -0.39 is 12.0 Å². The van der Waals surface area contributed by atoms with Crippen LogP contribution < -0.4 is 4.74 Å². The highest BCUT2D eigenvalue weighted by Crippen LogP contribution is 2.28. The Bertz CT molecular complexity index is 1070. The van der Waals surface area contributed by atoms with Gasteiger partial charge < -0.3 is 14.4 Å². The minimum absolute atomic E-state index is 0.159. The minimum Gasteiger partial charge on any atom is -0.489 e. The summed E-state index contributed by atoms with van der Waals surface area (Å²) in [5.41, 5.74) is 4.34. The van der Waals surface area contributed by atoms with E-state index >= 15 is 0 Å². The molecular formula is C25H25NO4S. The number of esters is 1. The molecule has 0 saturated carbocycles. The molecule has 1 aliphatic rings. The zero-order valence-corrected chi connectivity index (χ0v) is 18.5. The molecule has 0 fully saturated rings. The molecule has 0 radical (unpaired) electrons. The van der Waals surface area contributed by atoms with Gasteiger partial charge in [0.05, 0.1) is 12.0 Å². The molecule has 1 aromatic heterocycles. The summed E-state index contributed by atoms with van der Waals surface area (Å²) < 4.78 is 10.8. The maximum Gasteiger partial charge on any atom is 0.328 e. The molecule has 5 nitrogen and oxygen atoms in total. The van der Waals surface area contributed by atoms with Crippen LogP contribution in [0.3, 0.4) is 0 Å². The summed E-state index contributed by atoms with van der Waals surface area (Å²) in [5, 5.41) is 1.93. The van der Waals surface area contributed by atoms with Gasteiger partial charge in [-0.25, -0.2) is 4.79 Å². The van der Waals surface area contributed by atoms with Crippen LogP contribution in [0.4, 0.5) is 0 Å². The molecule has 1 unspecified atom stereocenters. The van der Waals surface area contributed by atoms with Crippen LogP contribution in [-0.2, 0) is 35.5 Å². The largest absolute Gasteiger partial charge is 0.489 e. The van der Waals surface area contributed by atoms with Gasteiger partial charge in [0.15, 0.2) is 0 Å². The predicted molar refractivity (Wildman–Crippen MR) is 120 cm³/mol. The molecule has 0 aliphatic carbocycles. The monoisotopic (exact) mass is 435 g/mol. The Balaban J connectivity index is 1.48. The molecule has 0 spiro atoms. The number of hydrogen-bond donors (Lipinski definition) is 0. The highest BCUT2D eigenvalue weighted by molar-refractivity contribution is 7.12. The highest BCUT2D eigenvalue weighted by Gasteiger charge is 2.36. The maximum absolute atomic E-state index is 13.3. The number of carbonyl (C=O) groups excluding carboxylic acids is 2. The molecule has 2 aromatic carbocycles. The molecule has 0 bridgehead atoms. The Morgan fingerprint density at radius 2 is 1.81 bits per heavy atom. The van der Waals surface area contributed by atoms with Crippen LogP contribution in [0.5, 0.6) is 5.75 Å². The van der Waals surface area contributed by atoms with E-state index in [0.717, 1.165) is 28.9 Å². The second kappa shape index (κ2) is 9.35. The number of thiophene rings is 1. The number of hydrogen-bond acceptors (Lipinski definition) is 5. The van der Waals surface area contributed by atoms with Crippen molar-refractivity contribution in [3.63, 3.8) is 0 Å². The highest BCUT2D eigenvalue weighted by atomic mass is 32.1. The van der Waals surface area contributed by atoms with Crippen molar-refractivity contribution >= 4 is 23.2 Å². The lowest BCUT2D eigenvalue weighted by atomic mass is 9.93. The topological polar surface area (TPSA) is 55.8 Å². The number of rotatable bonds is 6. The third kappa shape index (κ3) is 4.64. The smallest absolute Gasteiger partial charge is 0.328 e. The molecule has 0 N–H and O–H groups in total. The van der Waals surface area contributed by atoms with Crippen molar-refractivity contribution < 1.29 is 19.1 Å². The average molecular weight is 436 g/mol. The molecular weight excluding hydrogens is 410 g/mol. The number of benzene rings is 2. The molecule has 1 atom stereocenters. The van der Waals surface area contributed by atoms with Crippen molar-refractivity contribution in [2.45, 2.75) is 39.0 Å². The van der Waals surface area contributed by atoms with Crippen LogP contribution in [0, 0.1) is 0 Å². The van der Waals surface area contributed by atoms with E-state index in [4.69, 9.17) is 9.47 Å². The normalized spacial score (nSPS) is 15.3. The van der Waals surface area contributed by atoms with E-state index in [9.17, 15) is 9.59 Å². The summed E-state index contributed by atoms with van der Waals surface area (Å²) in [5.74, 6) is 0.251. The number of fused-ring (bicyclic) bond motifs is 1. The SMILES string of the molecule is CCc1ccc(OCc2csc(C(=O)N3Cc4ccccc4CC3C(=O)OC)c2)cc1. The van der Waals surface area contributed by atoms with Crippen LogP contribution >= 0.6 is 11.3 Å². The third-order valence-electron chi connectivity index (χ3n) is 5.58. The zero-order chi connectivity index (χ0) is 21.8. The number of methoxy groups -OCH3 is 1. The van der Waals surface area contributed by atoms with Crippen LogP contribution in [-0.4, -0.2) is 29.9 Å². The first-order valence-electron chi connectivity index (χ1n) is 10.3. The quantitative estimate of drug-likeness (QED) is 0.530. The zero-order valence-electron chi connectivity index (χ0n) is 17.7. The first-order chi connectivity index (χ1) is 15.1. The van der Waals surface area contributed by atoms with Gasteiger partial charge in [-0.1, -0.05) is 43.3 Å². The summed E-state index contributed by atoms with van der Waals surface area (Å²) in [4.78, 5) is 27.9. The van der Waals surface area contributed by atoms with E-state index in [1.165, 1.54) is 24.0 Å². The van der Waals surface area contributed by atoms with Crippen molar-refractivity contribution in [1.29, 1.82) is 0 Å². The summed E-state index contributed by atoms with van der Waals surface area (Å²) >= 11 is 1.37. The molecule has 4 rings (SSSR count). The van der Waals surface area contributed by atoms with Crippen molar-refractivity contribution in [2.24, 2.45) is 0 Å². The Morgan fingerprint density at radius 3 is 2.52 bits per heavy atom. The van der Waals surface area contributed by atoms with Crippen molar-refractivity contribution in [2.75, 3.05) is 7.11 Å².